The van der Waals surface area contributed by atoms with Crippen LogP contribution in [0.1, 0.15) is 17.7 Å². The van der Waals surface area contributed by atoms with Gasteiger partial charge in [-0.1, -0.05) is 41.0 Å². The van der Waals surface area contributed by atoms with E-state index in [4.69, 9.17) is 47.2 Å². The van der Waals surface area contributed by atoms with Gasteiger partial charge in [-0.25, -0.2) is 14.6 Å². The SMILES string of the molecule is CCOSC(=O)SC(Cn1ccnc1)c1ccc(Cl)cc1Cl.O=C(O)C(=O)O. The summed E-state index contributed by atoms with van der Waals surface area (Å²) in [5.41, 5.74) is 0.857. The Morgan fingerprint density at radius 3 is 2.43 bits per heavy atom. The molecule has 2 aromatic rings. The van der Waals surface area contributed by atoms with E-state index in [9.17, 15) is 4.79 Å². The van der Waals surface area contributed by atoms with Gasteiger partial charge in [0.2, 0.25) is 0 Å². The number of rotatable bonds is 6. The van der Waals surface area contributed by atoms with Gasteiger partial charge in [0.1, 0.15) is 0 Å². The Labute approximate surface area is 179 Å². The maximum absolute atomic E-state index is 12.0. The molecule has 1 atom stereocenters. The Hall–Kier alpha value is -1.72. The lowest BCUT2D eigenvalue weighted by molar-refractivity contribution is -0.159. The summed E-state index contributed by atoms with van der Waals surface area (Å²) in [6.45, 7) is 2.89. The van der Waals surface area contributed by atoms with Crippen molar-refractivity contribution in [2.75, 3.05) is 6.61 Å². The zero-order chi connectivity index (χ0) is 21.1. The van der Waals surface area contributed by atoms with Gasteiger partial charge in [0.15, 0.2) is 0 Å². The highest BCUT2D eigenvalue weighted by atomic mass is 35.5. The summed E-state index contributed by atoms with van der Waals surface area (Å²) < 4.78 is 6.88. The van der Waals surface area contributed by atoms with Gasteiger partial charge in [-0.05, 0) is 24.6 Å². The molecule has 1 unspecified atom stereocenters. The van der Waals surface area contributed by atoms with Crippen LogP contribution in [0.15, 0.2) is 36.9 Å². The normalized spacial score (nSPS) is 11.2. The Morgan fingerprint density at radius 2 is 1.93 bits per heavy atom. The third-order valence-electron chi connectivity index (χ3n) is 2.91. The topological polar surface area (TPSA) is 119 Å². The number of carbonyl (C=O) groups is 3. The number of carbonyl (C=O) groups excluding carboxylic acids is 1. The molecular weight excluding hydrogens is 451 g/mol. The maximum atomic E-state index is 12.0. The maximum Gasteiger partial charge on any atom is 0.414 e. The second-order valence-electron chi connectivity index (χ2n) is 4.88. The van der Waals surface area contributed by atoms with E-state index >= 15 is 0 Å². The van der Waals surface area contributed by atoms with Gasteiger partial charge in [0.05, 0.1) is 30.2 Å². The van der Waals surface area contributed by atoms with Crippen molar-refractivity contribution < 1.29 is 28.8 Å². The number of carboxylic acid groups (broad SMARTS) is 2. The molecule has 0 bridgehead atoms. The largest absolute Gasteiger partial charge is 0.473 e. The smallest absolute Gasteiger partial charge is 0.414 e. The molecule has 0 amide bonds. The first kappa shape index (κ1) is 24.3. The number of hydrogen-bond donors (Lipinski definition) is 2. The lowest BCUT2D eigenvalue weighted by Crippen LogP contribution is -2.09. The van der Waals surface area contributed by atoms with Crippen molar-refractivity contribution in [2.24, 2.45) is 0 Å². The van der Waals surface area contributed by atoms with E-state index < -0.39 is 11.9 Å². The summed E-state index contributed by atoms with van der Waals surface area (Å²) in [7, 11) is 0. The Bertz CT molecular complexity index is 792. The fourth-order valence-corrected chi connectivity index (χ4v) is 4.07. The molecule has 0 spiro atoms. The van der Waals surface area contributed by atoms with E-state index in [1.54, 1.807) is 24.7 Å². The van der Waals surface area contributed by atoms with Gasteiger partial charge >= 0.3 is 11.9 Å². The average Bonchev–Trinajstić information content (AvgIpc) is 3.13. The lowest BCUT2D eigenvalue weighted by atomic mass is 10.1. The molecule has 2 N–H and O–H groups in total. The average molecular weight is 467 g/mol. The van der Waals surface area contributed by atoms with Gasteiger partial charge in [-0.2, -0.15) is 0 Å². The molecule has 152 valence electrons. The van der Waals surface area contributed by atoms with Crippen LogP contribution in [0.2, 0.25) is 10.0 Å². The molecule has 0 aliphatic carbocycles. The minimum absolute atomic E-state index is 0.113. The van der Waals surface area contributed by atoms with E-state index in [1.165, 1.54) is 11.8 Å². The van der Waals surface area contributed by atoms with Crippen LogP contribution in [0.25, 0.3) is 0 Å². The Morgan fingerprint density at radius 1 is 1.25 bits per heavy atom. The number of hydrogen-bond acceptors (Lipinski definition) is 7. The van der Waals surface area contributed by atoms with Crippen molar-refractivity contribution in [2.45, 2.75) is 18.7 Å². The van der Waals surface area contributed by atoms with Crippen LogP contribution in [-0.4, -0.2) is 42.8 Å². The molecule has 0 radical (unpaired) electrons. The van der Waals surface area contributed by atoms with Crippen molar-refractivity contribution in [3.63, 3.8) is 0 Å². The number of aromatic nitrogens is 2. The van der Waals surface area contributed by atoms with Crippen molar-refractivity contribution in [1.29, 1.82) is 0 Å². The monoisotopic (exact) mass is 466 g/mol. The lowest BCUT2D eigenvalue weighted by Gasteiger charge is -2.18. The molecule has 0 aliphatic heterocycles. The molecule has 1 heterocycles. The van der Waals surface area contributed by atoms with Crippen LogP contribution in [0.5, 0.6) is 0 Å². The van der Waals surface area contributed by atoms with Crippen LogP contribution in [0, 0.1) is 0 Å². The first-order chi connectivity index (χ1) is 13.2. The van der Waals surface area contributed by atoms with Gasteiger partial charge in [0, 0.05) is 29.0 Å². The molecule has 0 saturated heterocycles. The molecule has 1 aromatic heterocycles. The predicted octanol–water partition coefficient (Wildman–Crippen LogP) is 4.62. The molecule has 2 rings (SSSR count). The number of carboxylic acids is 2. The van der Waals surface area contributed by atoms with E-state index in [0.717, 1.165) is 17.6 Å². The first-order valence-electron chi connectivity index (χ1n) is 7.61. The Kier molecular flexibility index (Phi) is 11.0. The fraction of sp³-hybridized carbons (Fsp3) is 0.250. The summed E-state index contributed by atoms with van der Waals surface area (Å²) in [4.78, 5) is 34.2. The second-order valence-corrected chi connectivity index (χ2v) is 7.93. The van der Waals surface area contributed by atoms with Gasteiger partial charge in [0.25, 0.3) is 4.45 Å². The summed E-state index contributed by atoms with van der Waals surface area (Å²) >= 11 is 14.3. The van der Waals surface area contributed by atoms with Crippen molar-refractivity contribution >= 4 is 63.4 Å². The number of aliphatic carboxylic acids is 2. The van der Waals surface area contributed by atoms with Crippen LogP contribution in [0.3, 0.4) is 0 Å². The first-order valence-corrected chi connectivity index (χ1v) is 9.99. The molecule has 0 aliphatic rings. The van der Waals surface area contributed by atoms with Crippen LogP contribution in [-0.2, 0) is 20.3 Å². The standard InChI is InChI=1S/C14H14Cl2N2O2S2.C2H2O4/c1-2-20-22-14(19)21-13(8-18-6-5-17-9-18)11-4-3-10(15)7-12(11)16;3-1(4)2(5)6/h3-7,9,13H,2,8H2,1H3;(H,3,4)(H,5,6). The van der Waals surface area contributed by atoms with E-state index in [-0.39, 0.29) is 9.70 Å². The summed E-state index contributed by atoms with van der Waals surface area (Å²) in [6.07, 6.45) is 5.25. The third-order valence-corrected chi connectivity index (χ3v) is 5.34. The zero-order valence-corrected chi connectivity index (χ0v) is 17.6. The number of nitrogens with zero attached hydrogens (tertiary/aromatic N) is 2. The summed E-state index contributed by atoms with van der Waals surface area (Å²) in [5.74, 6) is -3.65. The van der Waals surface area contributed by atoms with Crippen molar-refractivity contribution in [3.05, 3.63) is 52.5 Å². The quantitative estimate of drug-likeness (QED) is 0.463. The molecule has 0 saturated carbocycles. The molecule has 28 heavy (non-hydrogen) atoms. The summed E-state index contributed by atoms with van der Waals surface area (Å²) in [5, 5.41) is 15.7. The molecular formula is C16H16Cl2N2O6S2. The number of halogens is 2. The zero-order valence-electron chi connectivity index (χ0n) is 14.4. The molecule has 8 nitrogen and oxygen atoms in total. The highest BCUT2D eigenvalue weighted by molar-refractivity contribution is 8.36. The summed E-state index contributed by atoms with van der Waals surface area (Å²) in [6, 6.07) is 5.29. The Balaban J connectivity index is 0.000000568. The number of thioether (sulfide) groups is 1. The van der Waals surface area contributed by atoms with Gasteiger partial charge < -0.3 is 19.0 Å². The van der Waals surface area contributed by atoms with E-state index in [1.807, 2.05) is 23.8 Å². The van der Waals surface area contributed by atoms with Crippen molar-refractivity contribution in [3.8, 4) is 0 Å². The van der Waals surface area contributed by atoms with Crippen molar-refractivity contribution in [1.82, 2.24) is 9.55 Å². The van der Waals surface area contributed by atoms with E-state index in [0.29, 0.717) is 23.2 Å². The molecule has 1 aromatic carbocycles. The minimum Gasteiger partial charge on any atom is -0.473 e. The van der Waals surface area contributed by atoms with Crippen LogP contribution < -0.4 is 0 Å². The van der Waals surface area contributed by atoms with Gasteiger partial charge in [-0.3, -0.25) is 4.79 Å². The molecule has 12 heteroatoms. The predicted molar refractivity (Wildman–Crippen MR) is 109 cm³/mol. The van der Waals surface area contributed by atoms with Crippen LogP contribution >= 0.6 is 47.0 Å². The highest BCUT2D eigenvalue weighted by Gasteiger charge is 2.21. The second kappa shape index (κ2) is 12.7. The third kappa shape index (κ3) is 8.98. The molecule has 0 fully saturated rings. The minimum atomic E-state index is -1.82. The fourth-order valence-electron chi connectivity index (χ4n) is 1.79. The van der Waals surface area contributed by atoms with Gasteiger partial charge in [-0.15, -0.1) is 0 Å². The highest BCUT2D eigenvalue weighted by Crippen LogP contribution is 2.39. The van der Waals surface area contributed by atoms with Crippen LogP contribution in [0.4, 0.5) is 4.79 Å². The number of imidazole rings is 1. The van der Waals surface area contributed by atoms with E-state index in [2.05, 4.69) is 4.98 Å². The number of benzene rings is 1.